The summed E-state index contributed by atoms with van der Waals surface area (Å²) in [5.74, 6) is -0.448. The number of aryl methyl sites for hydroxylation is 1. The molecule has 1 aromatic heterocycles. The minimum Gasteiger partial charge on any atom is -0.491 e. The van der Waals surface area contributed by atoms with Crippen LogP contribution in [0.3, 0.4) is 0 Å². The van der Waals surface area contributed by atoms with Crippen LogP contribution in [0.2, 0.25) is 10.0 Å². The molecule has 0 aliphatic carbocycles. The smallest absolute Gasteiger partial charge is 0.252 e. The van der Waals surface area contributed by atoms with Gasteiger partial charge in [0.15, 0.2) is 0 Å². The largest absolute Gasteiger partial charge is 0.491 e. The number of rotatable bonds is 7. The Hall–Kier alpha value is -1.84. The molecule has 154 valence electrons. The molecule has 0 saturated heterocycles. The van der Waals surface area contributed by atoms with E-state index in [1.807, 2.05) is 0 Å². The van der Waals surface area contributed by atoms with Crippen LogP contribution in [0.25, 0.3) is 10.1 Å². The molecule has 10 heteroatoms. The Morgan fingerprint density at radius 1 is 1.21 bits per heavy atom. The molecule has 0 bridgehead atoms. The Labute approximate surface area is 182 Å². The Morgan fingerprint density at radius 3 is 2.55 bits per heavy atom. The van der Waals surface area contributed by atoms with Crippen molar-refractivity contribution in [3.05, 3.63) is 57.6 Å². The Morgan fingerprint density at radius 2 is 1.86 bits per heavy atom. The van der Waals surface area contributed by atoms with Gasteiger partial charge >= 0.3 is 0 Å². The average Bonchev–Trinajstić information content (AvgIpc) is 2.97. The van der Waals surface area contributed by atoms with Crippen LogP contribution < -0.4 is 15.2 Å². The minimum absolute atomic E-state index is 0.00306. The number of amides is 1. The van der Waals surface area contributed by atoms with E-state index in [4.69, 9.17) is 33.7 Å². The van der Waals surface area contributed by atoms with Crippen LogP contribution in [-0.4, -0.2) is 27.0 Å². The van der Waals surface area contributed by atoms with Crippen LogP contribution in [0, 0.1) is 6.92 Å². The second-order valence-corrected chi connectivity index (χ2v) is 10.3. The van der Waals surface area contributed by atoms with E-state index < -0.39 is 22.0 Å². The quantitative estimate of drug-likeness (QED) is 0.533. The molecule has 0 aliphatic heterocycles. The molecule has 3 rings (SSSR count). The standard InChI is InChI=1S/C19H18Cl2N2O4S2/c1-10(9-27-16-5-3-12(20)8-15(16)18(22)24)23-29(25,26)19-11(2)14-7-13(21)4-6-17(14)28-19/h3-8,10,23H,9H2,1-2H3,(H2,22,24)/t10-/m0/s1. The van der Waals surface area contributed by atoms with Crippen molar-refractivity contribution in [2.24, 2.45) is 5.73 Å². The van der Waals surface area contributed by atoms with E-state index in [-0.39, 0.29) is 22.1 Å². The number of nitrogens with two attached hydrogens (primary N) is 1. The maximum atomic E-state index is 12.9. The van der Waals surface area contributed by atoms with E-state index in [9.17, 15) is 13.2 Å². The van der Waals surface area contributed by atoms with Gasteiger partial charge in [-0.25, -0.2) is 13.1 Å². The van der Waals surface area contributed by atoms with Gasteiger partial charge in [-0.05, 0) is 61.2 Å². The van der Waals surface area contributed by atoms with Gasteiger partial charge in [0.05, 0.1) is 11.6 Å². The van der Waals surface area contributed by atoms with Crippen LogP contribution in [-0.2, 0) is 10.0 Å². The highest BCUT2D eigenvalue weighted by Gasteiger charge is 2.24. The molecule has 29 heavy (non-hydrogen) atoms. The molecule has 0 aliphatic rings. The number of benzene rings is 2. The molecule has 1 heterocycles. The molecule has 2 aromatic carbocycles. The first-order valence-corrected chi connectivity index (χ1v) is 11.6. The molecule has 3 N–H and O–H groups in total. The van der Waals surface area contributed by atoms with Gasteiger partial charge in [-0.15, -0.1) is 11.3 Å². The topological polar surface area (TPSA) is 98.5 Å². The van der Waals surface area contributed by atoms with Crippen molar-refractivity contribution in [2.45, 2.75) is 24.1 Å². The molecule has 6 nitrogen and oxygen atoms in total. The number of primary amides is 1. The molecule has 0 fully saturated rings. The van der Waals surface area contributed by atoms with Gasteiger partial charge in [-0.1, -0.05) is 23.2 Å². The van der Waals surface area contributed by atoms with E-state index in [1.165, 1.54) is 23.5 Å². The summed E-state index contributed by atoms with van der Waals surface area (Å²) in [6, 6.07) is 9.19. The Balaban J connectivity index is 1.76. The van der Waals surface area contributed by atoms with E-state index in [2.05, 4.69) is 4.72 Å². The molecular weight excluding hydrogens is 455 g/mol. The van der Waals surface area contributed by atoms with Crippen molar-refractivity contribution in [3.8, 4) is 5.75 Å². The molecule has 1 amide bonds. The fourth-order valence-corrected chi connectivity index (χ4v) is 6.15. The van der Waals surface area contributed by atoms with E-state index in [0.29, 0.717) is 15.6 Å². The van der Waals surface area contributed by atoms with E-state index >= 15 is 0 Å². The van der Waals surface area contributed by atoms with Crippen LogP contribution in [0.5, 0.6) is 5.75 Å². The third-order valence-corrected chi connectivity index (χ3v) is 8.10. The highest BCUT2D eigenvalue weighted by atomic mass is 35.5. The SMILES string of the molecule is Cc1c(S(=O)(=O)N[C@@H](C)COc2ccc(Cl)cc2C(N)=O)sc2ccc(Cl)cc12. The van der Waals surface area contributed by atoms with Gasteiger partial charge in [0.1, 0.15) is 16.6 Å². The monoisotopic (exact) mass is 472 g/mol. The molecule has 0 unspecified atom stereocenters. The lowest BCUT2D eigenvalue weighted by molar-refractivity contribution is 0.0996. The number of sulfonamides is 1. The summed E-state index contributed by atoms with van der Waals surface area (Å²) in [7, 11) is -3.77. The number of hydrogen-bond donors (Lipinski definition) is 2. The number of fused-ring (bicyclic) bond motifs is 1. The van der Waals surface area contributed by atoms with Crippen LogP contribution in [0.15, 0.2) is 40.6 Å². The maximum Gasteiger partial charge on any atom is 0.252 e. The lowest BCUT2D eigenvalue weighted by Crippen LogP contribution is -2.36. The third kappa shape index (κ3) is 4.84. The summed E-state index contributed by atoms with van der Waals surface area (Å²) in [5.41, 5.74) is 6.10. The van der Waals surface area contributed by atoms with Gasteiger partial charge < -0.3 is 10.5 Å². The number of thiophene rings is 1. The summed E-state index contributed by atoms with van der Waals surface area (Å²) < 4.78 is 35.0. The Bertz CT molecular complexity index is 1190. The van der Waals surface area contributed by atoms with Crippen molar-refractivity contribution in [2.75, 3.05) is 6.61 Å². The molecule has 3 aromatic rings. The number of nitrogens with one attached hydrogen (secondary N) is 1. The number of hydrogen-bond acceptors (Lipinski definition) is 5. The van der Waals surface area contributed by atoms with Gasteiger partial charge in [-0.3, -0.25) is 4.79 Å². The average molecular weight is 473 g/mol. The van der Waals surface area contributed by atoms with Gasteiger partial charge in [-0.2, -0.15) is 0 Å². The highest BCUT2D eigenvalue weighted by Crippen LogP contribution is 2.35. The fourth-order valence-electron chi connectivity index (χ4n) is 2.81. The predicted octanol–water partition coefficient (Wildman–Crippen LogP) is 4.36. The van der Waals surface area contributed by atoms with Crippen molar-refractivity contribution >= 4 is 60.6 Å². The number of carbonyl (C=O) groups excluding carboxylic acids is 1. The maximum absolute atomic E-state index is 12.9. The zero-order chi connectivity index (χ0) is 21.3. The third-order valence-electron chi connectivity index (χ3n) is 4.15. The first-order valence-electron chi connectivity index (χ1n) is 8.51. The van der Waals surface area contributed by atoms with Crippen molar-refractivity contribution in [3.63, 3.8) is 0 Å². The van der Waals surface area contributed by atoms with E-state index in [1.54, 1.807) is 38.1 Å². The first kappa shape index (κ1) is 21.9. The lowest BCUT2D eigenvalue weighted by Gasteiger charge is -2.16. The van der Waals surface area contributed by atoms with Gasteiger partial charge in [0.2, 0.25) is 0 Å². The summed E-state index contributed by atoms with van der Waals surface area (Å²) in [6.07, 6.45) is 0. The molecule has 0 spiro atoms. The zero-order valence-electron chi connectivity index (χ0n) is 15.5. The van der Waals surface area contributed by atoms with Crippen LogP contribution >= 0.6 is 34.5 Å². The second kappa shape index (κ2) is 8.49. The summed E-state index contributed by atoms with van der Waals surface area (Å²) in [4.78, 5) is 11.5. The lowest BCUT2D eigenvalue weighted by atomic mass is 10.2. The highest BCUT2D eigenvalue weighted by molar-refractivity contribution is 7.91. The second-order valence-electron chi connectivity index (χ2n) is 6.49. The normalized spacial score (nSPS) is 12.8. The molecule has 0 saturated carbocycles. The minimum atomic E-state index is -3.77. The van der Waals surface area contributed by atoms with Crippen LogP contribution in [0.1, 0.15) is 22.8 Å². The Kier molecular flexibility index (Phi) is 6.40. The molecule has 1 atom stereocenters. The van der Waals surface area contributed by atoms with Crippen molar-refractivity contribution < 1.29 is 17.9 Å². The summed E-state index contributed by atoms with van der Waals surface area (Å²) >= 11 is 13.1. The summed E-state index contributed by atoms with van der Waals surface area (Å²) in [6.45, 7) is 3.41. The molecule has 0 radical (unpaired) electrons. The van der Waals surface area contributed by atoms with Gasteiger partial charge in [0, 0.05) is 14.7 Å². The van der Waals surface area contributed by atoms with Crippen molar-refractivity contribution in [1.29, 1.82) is 0 Å². The van der Waals surface area contributed by atoms with Gasteiger partial charge in [0.25, 0.3) is 15.9 Å². The number of carbonyl (C=O) groups is 1. The van der Waals surface area contributed by atoms with Crippen molar-refractivity contribution in [1.82, 2.24) is 4.72 Å². The predicted molar refractivity (Wildman–Crippen MR) is 117 cm³/mol. The van der Waals surface area contributed by atoms with E-state index in [0.717, 1.165) is 10.1 Å². The number of halogens is 2. The number of ether oxygens (including phenoxy) is 1. The fraction of sp³-hybridized carbons (Fsp3) is 0.211. The molecular formula is C19H18Cl2N2O4S2. The first-order chi connectivity index (χ1) is 13.6. The zero-order valence-corrected chi connectivity index (χ0v) is 18.7. The summed E-state index contributed by atoms with van der Waals surface area (Å²) in [5, 5.41) is 1.70. The van der Waals surface area contributed by atoms with Crippen LogP contribution in [0.4, 0.5) is 0 Å².